The molecule has 0 fully saturated rings. The van der Waals surface area contributed by atoms with Crippen LogP contribution in [-0.2, 0) is 22.4 Å². The van der Waals surface area contributed by atoms with Crippen LogP contribution in [0.2, 0.25) is 0 Å². The predicted molar refractivity (Wildman–Crippen MR) is 102 cm³/mol. The van der Waals surface area contributed by atoms with Crippen LogP contribution in [0.4, 0.5) is 0 Å². The lowest BCUT2D eigenvalue weighted by atomic mass is 10.0. The summed E-state index contributed by atoms with van der Waals surface area (Å²) in [5.74, 6) is 1.69. The van der Waals surface area contributed by atoms with Crippen molar-refractivity contribution in [1.82, 2.24) is 4.90 Å². The molecule has 0 radical (unpaired) electrons. The number of nitrogens with zero attached hydrogens (tertiary/aromatic N) is 1. The van der Waals surface area contributed by atoms with Gasteiger partial charge in [-0.15, -0.1) is 0 Å². The second-order valence-corrected chi connectivity index (χ2v) is 6.38. The van der Waals surface area contributed by atoms with E-state index >= 15 is 0 Å². The van der Waals surface area contributed by atoms with Gasteiger partial charge in [0.2, 0.25) is 0 Å². The molecule has 0 aromatic heterocycles. The predicted octanol–water partition coefficient (Wildman–Crippen LogP) is 2.96. The summed E-state index contributed by atoms with van der Waals surface area (Å²) in [4.78, 5) is 12.6. The highest BCUT2D eigenvalue weighted by atomic mass is 16.6. The second-order valence-electron chi connectivity index (χ2n) is 6.38. The molecule has 0 amide bonds. The summed E-state index contributed by atoms with van der Waals surface area (Å²) >= 11 is 0. The van der Waals surface area contributed by atoms with Crippen LogP contribution in [0.15, 0.2) is 48.5 Å². The third kappa shape index (κ3) is 6.41. The monoisotopic (exact) mass is 357 g/mol. The van der Waals surface area contributed by atoms with E-state index in [1.54, 1.807) is 7.11 Å². The molecule has 2 aromatic rings. The summed E-state index contributed by atoms with van der Waals surface area (Å²) in [6, 6.07) is 16.1. The number of rotatable bonds is 11. The van der Waals surface area contributed by atoms with Crippen molar-refractivity contribution in [2.45, 2.75) is 18.9 Å². The molecule has 0 saturated heterocycles. The van der Waals surface area contributed by atoms with Gasteiger partial charge in [0.15, 0.2) is 0 Å². The zero-order chi connectivity index (χ0) is 18.8. The molecule has 0 heterocycles. The van der Waals surface area contributed by atoms with Gasteiger partial charge in [0.25, 0.3) is 6.47 Å². The summed E-state index contributed by atoms with van der Waals surface area (Å²) in [6.45, 7) is 1.43. The van der Waals surface area contributed by atoms with Gasteiger partial charge in [0, 0.05) is 6.54 Å². The Morgan fingerprint density at radius 3 is 2.42 bits per heavy atom. The van der Waals surface area contributed by atoms with Crippen molar-refractivity contribution >= 4 is 6.47 Å². The Bertz CT molecular complexity index is 670. The highest BCUT2D eigenvalue weighted by Crippen LogP contribution is 2.21. The van der Waals surface area contributed by atoms with Crippen molar-refractivity contribution in [3.8, 4) is 11.5 Å². The summed E-state index contributed by atoms with van der Waals surface area (Å²) in [7, 11) is 5.54. The first-order valence-electron chi connectivity index (χ1n) is 8.70. The molecule has 5 heteroatoms. The summed E-state index contributed by atoms with van der Waals surface area (Å²) in [6.07, 6.45) is 1.49. The largest absolute Gasteiger partial charge is 0.497 e. The Morgan fingerprint density at radius 2 is 1.77 bits per heavy atom. The number of hydrogen-bond acceptors (Lipinski definition) is 5. The van der Waals surface area contributed by atoms with E-state index in [1.165, 1.54) is 5.56 Å². The summed E-state index contributed by atoms with van der Waals surface area (Å²) < 4.78 is 16.2. The minimum absolute atomic E-state index is 0.294. The Balaban J connectivity index is 1.96. The van der Waals surface area contributed by atoms with Crippen molar-refractivity contribution in [3.05, 3.63) is 59.7 Å². The smallest absolute Gasteiger partial charge is 0.293 e. The van der Waals surface area contributed by atoms with Crippen molar-refractivity contribution in [2.75, 3.05) is 34.4 Å². The van der Waals surface area contributed by atoms with Gasteiger partial charge in [0.1, 0.15) is 24.2 Å². The lowest BCUT2D eigenvalue weighted by molar-refractivity contribution is -0.135. The van der Waals surface area contributed by atoms with Gasteiger partial charge in [-0.3, -0.25) is 4.79 Å². The van der Waals surface area contributed by atoms with Crippen molar-refractivity contribution in [3.63, 3.8) is 0 Å². The Kier molecular flexibility index (Phi) is 7.96. The molecule has 0 aliphatic rings. The van der Waals surface area contributed by atoms with E-state index in [2.05, 4.69) is 18.2 Å². The second kappa shape index (κ2) is 10.5. The third-order valence-electron chi connectivity index (χ3n) is 4.06. The average Bonchev–Trinajstić information content (AvgIpc) is 2.65. The van der Waals surface area contributed by atoms with Crippen LogP contribution in [-0.4, -0.2) is 51.8 Å². The van der Waals surface area contributed by atoms with Gasteiger partial charge >= 0.3 is 0 Å². The third-order valence-corrected chi connectivity index (χ3v) is 4.06. The van der Waals surface area contributed by atoms with E-state index < -0.39 is 0 Å². The molecule has 0 saturated carbocycles. The van der Waals surface area contributed by atoms with E-state index in [0.717, 1.165) is 29.9 Å². The Hall–Kier alpha value is -2.53. The maximum absolute atomic E-state index is 10.7. The lowest BCUT2D eigenvalue weighted by Gasteiger charge is -2.20. The van der Waals surface area contributed by atoms with Gasteiger partial charge in [0.05, 0.1) is 7.11 Å². The van der Waals surface area contributed by atoms with Crippen LogP contribution in [0, 0.1) is 0 Å². The van der Waals surface area contributed by atoms with Crippen molar-refractivity contribution in [1.29, 1.82) is 0 Å². The topological polar surface area (TPSA) is 48.0 Å². The van der Waals surface area contributed by atoms with Crippen molar-refractivity contribution in [2.24, 2.45) is 0 Å². The lowest BCUT2D eigenvalue weighted by Crippen LogP contribution is -2.33. The molecule has 1 atom stereocenters. The number of hydrogen-bond donors (Lipinski definition) is 0. The molecule has 0 aliphatic carbocycles. The standard InChI is InChI=1S/C21H27NO4/c1-22(2)14-20(26-16-23)15-25-21-7-5-4-6-18(21)11-8-17-9-12-19(24-3)13-10-17/h4-7,9-10,12-13,16,20H,8,11,14-15H2,1-3H3. The fourth-order valence-electron chi connectivity index (χ4n) is 2.73. The first kappa shape index (κ1) is 19.8. The first-order chi connectivity index (χ1) is 12.6. The number of ether oxygens (including phenoxy) is 3. The van der Waals surface area contributed by atoms with E-state index in [4.69, 9.17) is 14.2 Å². The molecule has 0 bridgehead atoms. The molecule has 0 aliphatic heterocycles. The molecule has 2 aromatic carbocycles. The number of carbonyl (C=O) groups excluding carboxylic acids is 1. The maximum atomic E-state index is 10.7. The highest BCUT2D eigenvalue weighted by Gasteiger charge is 2.13. The molecular formula is C21H27NO4. The fraction of sp³-hybridized carbons (Fsp3) is 0.381. The van der Waals surface area contributed by atoms with Crippen LogP contribution in [0.5, 0.6) is 11.5 Å². The molecule has 0 spiro atoms. The van der Waals surface area contributed by atoms with Crippen LogP contribution in [0.1, 0.15) is 11.1 Å². The van der Waals surface area contributed by atoms with Gasteiger partial charge in [-0.2, -0.15) is 0 Å². The minimum atomic E-state index is -0.294. The molecular weight excluding hydrogens is 330 g/mol. The molecule has 26 heavy (non-hydrogen) atoms. The average molecular weight is 357 g/mol. The highest BCUT2D eigenvalue weighted by molar-refractivity contribution is 5.38. The summed E-state index contributed by atoms with van der Waals surface area (Å²) in [5.41, 5.74) is 2.38. The number of carbonyl (C=O) groups is 1. The number of benzene rings is 2. The minimum Gasteiger partial charge on any atom is -0.497 e. The van der Waals surface area contributed by atoms with E-state index in [9.17, 15) is 4.79 Å². The van der Waals surface area contributed by atoms with Crippen LogP contribution in [0.3, 0.4) is 0 Å². The zero-order valence-corrected chi connectivity index (χ0v) is 15.7. The number of para-hydroxylation sites is 1. The number of likely N-dealkylation sites (N-methyl/N-ethyl adjacent to an activating group) is 1. The summed E-state index contributed by atoms with van der Waals surface area (Å²) in [5, 5.41) is 0. The van der Waals surface area contributed by atoms with Crippen LogP contribution >= 0.6 is 0 Å². The van der Waals surface area contributed by atoms with Crippen molar-refractivity contribution < 1.29 is 19.0 Å². The van der Waals surface area contributed by atoms with Gasteiger partial charge in [-0.25, -0.2) is 0 Å². The first-order valence-corrected chi connectivity index (χ1v) is 8.70. The molecule has 0 N–H and O–H groups in total. The van der Waals surface area contributed by atoms with Crippen LogP contribution < -0.4 is 9.47 Å². The zero-order valence-electron chi connectivity index (χ0n) is 15.7. The molecule has 1 unspecified atom stereocenters. The Morgan fingerprint density at radius 1 is 1.04 bits per heavy atom. The van der Waals surface area contributed by atoms with Crippen LogP contribution in [0.25, 0.3) is 0 Å². The SMILES string of the molecule is COc1ccc(CCc2ccccc2OCC(CN(C)C)OC=O)cc1. The van der Waals surface area contributed by atoms with Gasteiger partial charge < -0.3 is 19.1 Å². The number of aryl methyl sites for hydroxylation is 2. The molecule has 2 rings (SSSR count). The fourth-order valence-corrected chi connectivity index (χ4v) is 2.73. The van der Waals surface area contributed by atoms with E-state index in [1.807, 2.05) is 49.3 Å². The molecule has 140 valence electrons. The quantitative estimate of drug-likeness (QED) is 0.579. The maximum Gasteiger partial charge on any atom is 0.293 e. The Labute approximate surface area is 155 Å². The van der Waals surface area contributed by atoms with E-state index in [0.29, 0.717) is 19.6 Å². The normalized spacial score (nSPS) is 11.8. The molecule has 5 nitrogen and oxygen atoms in total. The van der Waals surface area contributed by atoms with Gasteiger partial charge in [-0.05, 0) is 56.3 Å². The number of methoxy groups -OCH3 is 1. The van der Waals surface area contributed by atoms with Gasteiger partial charge in [-0.1, -0.05) is 30.3 Å². The van der Waals surface area contributed by atoms with E-state index in [-0.39, 0.29) is 6.10 Å².